The third kappa shape index (κ3) is 2.77. The summed E-state index contributed by atoms with van der Waals surface area (Å²) in [6.07, 6.45) is 2.25. The number of nitrogens with one attached hydrogen (secondary N) is 1. The van der Waals surface area contributed by atoms with Gasteiger partial charge < -0.3 is 19.4 Å². The molecule has 0 aliphatic carbocycles. The molecule has 3 heterocycles. The van der Waals surface area contributed by atoms with Crippen LogP contribution in [0.4, 0.5) is 0 Å². The normalized spacial score (nSPS) is 25.8. The number of carbonyl (C=O) groups excluding carboxylic acids is 3. The number of Topliss-reactive ketones (excluding diaryl/α,β-unsaturated/α-hetero) is 1. The molecule has 26 heavy (non-hydrogen) atoms. The van der Waals surface area contributed by atoms with E-state index in [9.17, 15) is 14.4 Å². The number of benzene rings is 1. The van der Waals surface area contributed by atoms with E-state index in [1.54, 1.807) is 17.0 Å². The summed E-state index contributed by atoms with van der Waals surface area (Å²) in [6.45, 7) is 0.848. The van der Waals surface area contributed by atoms with Gasteiger partial charge in [0.25, 0.3) is 0 Å². The Balaban J connectivity index is 1.62. The fourth-order valence-electron chi connectivity index (χ4n) is 3.79. The molecule has 3 atom stereocenters. The summed E-state index contributed by atoms with van der Waals surface area (Å²) in [5.41, 5.74) is 0.621. The van der Waals surface area contributed by atoms with Crippen LogP contribution in [0.5, 0.6) is 0 Å². The molecule has 1 N–H and O–H groups in total. The number of para-hydroxylation sites is 1. The summed E-state index contributed by atoms with van der Waals surface area (Å²) in [5, 5.41) is 3.88. The predicted molar refractivity (Wildman–Crippen MR) is 99.2 cm³/mol. The highest BCUT2D eigenvalue weighted by atomic mass is 32.1. The average molecular weight is 370 g/mol. The van der Waals surface area contributed by atoms with E-state index in [0.29, 0.717) is 30.0 Å². The van der Waals surface area contributed by atoms with Crippen molar-refractivity contribution in [3.05, 3.63) is 36.1 Å². The van der Waals surface area contributed by atoms with Gasteiger partial charge in [0, 0.05) is 23.3 Å². The number of hydrogen-bond acceptors (Lipinski definition) is 6. The van der Waals surface area contributed by atoms with Crippen LogP contribution in [-0.2, 0) is 9.59 Å². The number of furan rings is 1. The van der Waals surface area contributed by atoms with Crippen molar-refractivity contribution in [2.75, 3.05) is 13.1 Å². The number of hydrogen-bond donors (Lipinski definition) is 1. The smallest absolute Gasteiger partial charge is 0.241 e. The molecule has 1 unspecified atom stereocenters. The van der Waals surface area contributed by atoms with E-state index in [1.165, 1.54) is 0 Å². The Morgan fingerprint density at radius 3 is 2.88 bits per heavy atom. The van der Waals surface area contributed by atoms with Gasteiger partial charge in [-0.05, 0) is 25.0 Å². The van der Waals surface area contributed by atoms with Gasteiger partial charge in [-0.1, -0.05) is 30.4 Å². The van der Waals surface area contributed by atoms with E-state index >= 15 is 0 Å². The van der Waals surface area contributed by atoms with Crippen LogP contribution in [0.1, 0.15) is 23.4 Å². The van der Waals surface area contributed by atoms with Gasteiger partial charge in [-0.2, -0.15) is 0 Å². The lowest BCUT2D eigenvalue weighted by atomic mass is 9.92. The molecular weight excluding hydrogens is 352 g/mol. The van der Waals surface area contributed by atoms with E-state index in [2.05, 4.69) is 5.32 Å². The van der Waals surface area contributed by atoms with Crippen molar-refractivity contribution in [1.82, 2.24) is 10.2 Å². The van der Waals surface area contributed by atoms with Gasteiger partial charge in [-0.25, -0.2) is 0 Å². The van der Waals surface area contributed by atoms with Gasteiger partial charge in [-0.15, -0.1) is 0 Å². The molecule has 0 radical (unpaired) electrons. The molecule has 2 aliphatic rings. The lowest BCUT2D eigenvalue weighted by molar-refractivity contribution is -0.136. The van der Waals surface area contributed by atoms with Crippen molar-refractivity contribution in [1.29, 1.82) is 0 Å². The fourth-order valence-corrected chi connectivity index (χ4v) is 4.12. The van der Waals surface area contributed by atoms with E-state index in [4.69, 9.17) is 16.6 Å². The van der Waals surface area contributed by atoms with Crippen molar-refractivity contribution in [3.63, 3.8) is 0 Å². The predicted octanol–water partition coefficient (Wildman–Crippen LogP) is 1.76. The number of nitrogens with zero attached hydrogens (tertiary/aromatic N) is 1. The minimum atomic E-state index is -0.758. The summed E-state index contributed by atoms with van der Waals surface area (Å²) in [4.78, 5) is 39.3. The van der Waals surface area contributed by atoms with Gasteiger partial charge in [0.1, 0.15) is 17.9 Å². The van der Waals surface area contributed by atoms with Gasteiger partial charge in [0.2, 0.25) is 11.7 Å². The van der Waals surface area contributed by atoms with Gasteiger partial charge in [0.15, 0.2) is 5.76 Å². The number of amides is 1. The Kier molecular flexibility index (Phi) is 4.42. The van der Waals surface area contributed by atoms with Crippen LogP contribution >= 0.6 is 12.2 Å². The van der Waals surface area contributed by atoms with E-state index in [1.807, 2.05) is 18.2 Å². The molecule has 134 valence electrons. The lowest BCUT2D eigenvalue weighted by Gasteiger charge is -2.26. The number of likely N-dealkylation sites (tertiary alicyclic amines) is 1. The first-order valence-electron chi connectivity index (χ1n) is 8.65. The molecule has 0 bridgehead atoms. The van der Waals surface area contributed by atoms with Crippen LogP contribution in [0.3, 0.4) is 0 Å². The summed E-state index contributed by atoms with van der Waals surface area (Å²) in [5.74, 6) is -1.09. The standard InChI is InChI=1S/C19H18N2O4S/c22-10-12-5-3-7-21(12)19(24)17-16(15(26)9-20-17)18(23)14-8-11-4-1-2-6-13(11)25-14/h1-2,4,6,8,10,12,16-17,20H,3,5,7,9H2/t12-,16?,17-/m0/s1. The molecule has 7 heteroatoms. The first-order valence-corrected chi connectivity index (χ1v) is 9.05. The molecule has 0 spiro atoms. The second-order valence-corrected chi connectivity index (χ2v) is 7.22. The second kappa shape index (κ2) is 6.74. The van der Waals surface area contributed by atoms with Gasteiger partial charge in [-0.3, -0.25) is 9.59 Å². The van der Waals surface area contributed by atoms with Crippen LogP contribution in [0.25, 0.3) is 11.0 Å². The van der Waals surface area contributed by atoms with Crippen LogP contribution < -0.4 is 5.32 Å². The maximum absolute atomic E-state index is 13.0. The molecule has 1 aromatic carbocycles. The van der Waals surface area contributed by atoms with Crippen molar-refractivity contribution in [2.45, 2.75) is 24.9 Å². The number of carbonyl (C=O) groups is 3. The van der Waals surface area contributed by atoms with Crippen molar-refractivity contribution in [2.24, 2.45) is 5.92 Å². The Morgan fingerprint density at radius 2 is 2.12 bits per heavy atom. The summed E-state index contributed by atoms with van der Waals surface area (Å²) >= 11 is 5.36. The first-order chi connectivity index (χ1) is 12.6. The fraction of sp³-hybridized carbons (Fsp3) is 0.368. The lowest BCUT2D eigenvalue weighted by Crippen LogP contribution is -2.50. The highest BCUT2D eigenvalue weighted by molar-refractivity contribution is 7.80. The Labute approximate surface area is 155 Å². The van der Waals surface area contributed by atoms with Crippen LogP contribution in [0, 0.1) is 5.92 Å². The topological polar surface area (TPSA) is 79.6 Å². The molecule has 2 saturated heterocycles. The second-order valence-electron chi connectivity index (χ2n) is 6.69. The van der Waals surface area contributed by atoms with Crippen molar-refractivity contribution >= 4 is 46.0 Å². The first kappa shape index (κ1) is 17.1. The molecule has 1 amide bonds. The Hall–Kier alpha value is -2.38. The number of thiocarbonyl (C=S) groups is 1. The molecule has 6 nitrogen and oxygen atoms in total. The third-order valence-corrected chi connectivity index (χ3v) is 5.53. The summed E-state index contributed by atoms with van der Waals surface area (Å²) in [7, 11) is 0. The molecule has 2 fully saturated rings. The number of aldehydes is 1. The maximum atomic E-state index is 13.0. The number of fused-ring (bicyclic) bond motifs is 1. The number of rotatable bonds is 4. The summed E-state index contributed by atoms with van der Waals surface area (Å²) < 4.78 is 5.67. The monoisotopic (exact) mass is 370 g/mol. The molecule has 4 rings (SSSR count). The van der Waals surface area contributed by atoms with E-state index in [0.717, 1.165) is 18.1 Å². The van der Waals surface area contributed by atoms with E-state index < -0.39 is 18.0 Å². The Morgan fingerprint density at radius 1 is 1.31 bits per heavy atom. The highest BCUT2D eigenvalue weighted by Crippen LogP contribution is 2.27. The Bertz CT molecular complexity index is 873. The highest BCUT2D eigenvalue weighted by Gasteiger charge is 2.45. The van der Waals surface area contributed by atoms with Crippen LogP contribution in [0.2, 0.25) is 0 Å². The summed E-state index contributed by atoms with van der Waals surface area (Å²) in [6, 6.07) is 7.88. The van der Waals surface area contributed by atoms with Gasteiger partial charge >= 0.3 is 0 Å². The molecular formula is C19H18N2O4S. The zero-order valence-electron chi connectivity index (χ0n) is 14.0. The van der Waals surface area contributed by atoms with Crippen molar-refractivity contribution in [3.8, 4) is 0 Å². The maximum Gasteiger partial charge on any atom is 0.241 e. The average Bonchev–Trinajstić information content (AvgIpc) is 3.37. The SMILES string of the molecule is O=C[C@@H]1CCCN1C(=O)[C@H]1NCC(=S)C1C(=O)c1cc2ccccc2o1. The molecule has 2 aromatic rings. The van der Waals surface area contributed by atoms with E-state index in [-0.39, 0.29) is 17.5 Å². The minimum absolute atomic E-state index is 0.202. The zero-order valence-corrected chi connectivity index (χ0v) is 14.8. The molecule has 1 aromatic heterocycles. The number of ketones is 1. The van der Waals surface area contributed by atoms with Crippen LogP contribution in [-0.4, -0.2) is 52.9 Å². The van der Waals surface area contributed by atoms with Gasteiger partial charge in [0.05, 0.1) is 12.0 Å². The molecule has 0 saturated carbocycles. The quantitative estimate of drug-likeness (QED) is 0.502. The van der Waals surface area contributed by atoms with Crippen molar-refractivity contribution < 1.29 is 18.8 Å². The zero-order chi connectivity index (χ0) is 18.3. The van der Waals surface area contributed by atoms with Crippen LogP contribution in [0.15, 0.2) is 34.7 Å². The largest absolute Gasteiger partial charge is 0.453 e. The minimum Gasteiger partial charge on any atom is -0.453 e. The molecule has 2 aliphatic heterocycles. The third-order valence-electron chi connectivity index (χ3n) is 5.13.